The maximum absolute atomic E-state index is 10.6. The summed E-state index contributed by atoms with van der Waals surface area (Å²) in [5, 5.41) is 13.9. The molecule has 1 aromatic heterocycles. The highest BCUT2D eigenvalue weighted by molar-refractivity contribution is 5.37. The zero-order valence-corrected chi connectivity index (χ0v) is 10.7. The Labute approximate surface area is 115 Å². The maximum atomic E-state index is 10.6. The highest BCUT2D eigenvalue weighted by Gasteiger charge is 2.21. The first kappa shape index (κ1) is 12.7. The summed E-state index contributed by atoms with van der Waals surface area (Å²) in [6, 6.07) is 11.0. The molecule has 104 valence electrons. The molecule has 0 spiro atoms. The molecule has 1 N–H and O–H groups in total. The van der Waals surface area contributed by atoms with Gasteiger partial charge in [0.15, 0.2) is 0 Å². The number of ether oxygens (including phenoxy) is 1. The van der Waals surface area contributed by atoms with Crippen molar-refractivity contribution in [1.29, 1.82) is 0 Å². The van der Waals surface area contributed by atoms with Gasteiger partial charge in [-0.3, -0.25) is 10.1 Å². The molecule has 0 saturated carbocycles. The van der Waals surface area contributed by atoms with Crippen LogP contribution in [-0.4, -0.2) is 11.5 Å². The van der Waals surface area contributed by atoms with Crippen LogP contribution in [-0.2, 0) is 6.54 Å². The molecule has 6 heteroatoms. The Morgan fingerprint density at radius 3 is 2.95 bits per heavy atom. The number of nitro groups is 1. The topological polar surface area (TPSA) is 77.5 Å². The minimum atomic E-state index is -0.534. The van der Waals surface area contributed by atoms with Gasteiger partial charge in [0, 0.05) is 18.0 Å². The highest BCUT2D eigenvalue weighted by Crippen LogP contribution is 2.31. The maximum Gasteiger partial charge on any atom is 0.433 e. The number of hydrogen-bond acceptors (Lipinski definition) is 5. The van der Waals surface area contributed by atoms with Crippen LogP contribution in [0.25, 0.3) is 0 Å². The Bertz CT molecular complexity index is 623. The molecule has 1 aliphatic rings. The van der Waals surface area contributed by atoms with Gasteiger partial charge in [-0.25, -0.2) is 0 Å². The predicted octanol–water partition coefficient (Wildman–Crippen LogP) is 2.80. The Morgan fingerprint density at radius 2 is 2.15 bits per heavy atom. The van der Waals surface area contributed by atoms with Crippen molar-refractivity contribution in [3.8, 4) is 5.75 Å². The second-order valence-electron chi connectivity index (χ2n) is 4.61. The summed E-state index contributed by atoms with van der Waals surface area (Å²) in [6.07, 6.45) is 0.861. The van der Waals surface area contributed by atoms with Crippen molar-refractivity contribution in [3.63, 3.8) is 0 Å². The first-order valence-electron chi connectivity index (χ1n) is 6.42. The fourth-order valence-electron chi connectivity index (χ4n) is 2.34. The molecule has 0 radical (unpaired) electrons. The third-order valence-corrected chi connectivity index (χ3v) is 3.31. The molecule has 1 unspecified atom stereocenters. The summed E-state index contributed by atoms with van der Waals surface area (Å²) in [7, 11) is 0. The van der Waals surface area contributed by atoms with E-state index in [0.717, 1.165) is 17.7 Å². The lowest BCUT2D eigenvalue weighted by molar-refractivity contribution is -0.402. The van der Waals surface area contributed by atoms with Gasteiger partial charge in [-0.1, -0.05) is 18.2 Å². The number of nitrogens with zero attached hydrogens (tertiary/aromatic N) is 1. The van der Waals surface area contributed by atoms with E-state index in [1.54, 1.807) is 6.07 Å². The van der Waals surface area contributed by atoms with Gasteiger partial charge in [-0.15, -0.1) is 0 Å². The van der Waals surface area contributed by atoms with Crippen molar-refractivity contribution < 1.29 is 14.1 Å². The van der Waals surface area contributed by atoms with Gasteiger partial charge >= 0.3 is 5.88 Å². The second-order valence-corrected chi connectivity index (χ2v) is 4.61. The lowest BCUT2D eigenvalue weighted by Crippen LogP contribution is -2.26. The summed E-state index contributed by atoms with van der Waals surface area (Å²) >= 11 is 0. The molecule has 1 atom stereocenters. The minimum Gasteiger partial charge on any atom is -0.493 e. The predicted molar refractivity (Wildman–Crippen MR) is 71.5 cm³/mol. The number of para-hydroxylation sites is 1. The molecule has 0 bridgehead atoms. The molecule has 0 fully saturated rings. The number of hydrogen-bond donors (Lipinski definition) is 1. The smallest absolute Gasteiger partial charge is 0.433 e. The van der Waals surface area contributed by atoms with Crippen LogP contribution in [0.5, 0.6) is 5.75 Å². The SMILES string of the molecule is O=[N+]([O-])c1ccc(CNC2CCOc3ccccc32)o1. The lowest BCUT2D eigenvalue weighted by Gasteiger charge is -2.26. The summed E-state index contributed by atoms with van der Waals surface area (Å²) in [5.41, 5.74) is 1.11. The van der Waals surface area contributed by atoms with Crippen LogP contribution in [0.4, 0.5) is 5.88 Å². The zero-order chi connectivity index (χ0) is 13.9. The molecule has 6 nitrogen and oxygen atoms in total. The van der Waals surface area contributed by atoms with Crippen LogP contribution in [0.3, 0.4) is 0 Å². The quantitative estimate of drug-likeness (QED) is 0.685. The summed E-state index contributed by atoms with van der Waals surface area (Å²) in [5.74, 6) is 1.22. The van der Waals surface area contributed by atoms with Gasteiger partial charge in [0.05, 0.1) is 19.2 Å². The molecular weight excluding hydrogens is 260 g/mol. The summed E-state index contributed by atoms with van der Waals surface area (Å²) in [4.78, 5) is 10.0. The first-order chi connectivity index (χ1) is 9.74. The number of rotatable bonds is 4. The van der Waals surface area contributed by atoms with E-state index in [1.807, 2.05) is 24.3 Å². The third-order valence-electron chi connectivity index (χ3n) is 3.31. The largest absolute Gasteiger partial charge is 0.493 e. The van der Waals surface area contributed by atoms with Crippen LogP contribution in [0.2, 0.25) is 0 Å². The average molecular weight is 274 g/mol. The van der Waals surface area contributed by atoms with E-state index in [0.29, 0.717) is 18.9 Å². The molecule has 3 rings (SSSR count). The fourth-order valence-corrected chi connectivity index (χ4v) is 2.34. The average Bonchev–Trinajstić information content (AvgIpc) is 2.94. The molecule has 1 aliphatic heterocycles. The fraction of sp³-hybridized carbons (Fsp3) is 0.286. The van der Waals surface area contributed by atoms with E-state index in [2.05, 4.69) is 5.32 Å². The van der Waals surface area contributed by atoms with Crippen LogP contribution < -0.4 is 10.1 Å². The van der Waals surface area contributed by atoms with Crippen molar-refractivity contribution in [2.75, 3.05) is 6.61 Å². The van der Waals surface area contributed by atoms with Crippen molar-refractivity contribution in [2.24, 2.45) is 0 Å². The summed E-state index contributed by atoms with van der Waals surface area (Å²) < 4.78 is 10.7. The highest BCUT2D eigenvalue weighted by atomic mass is 16.6. The second kappa shape index (κ2) is 5.34. The van der Waals surface area contributed by atoms with Gasteiger partial charge < -0.3 is 14.5 Å². The van der Waals surface area contributed by atoms with Gasteiger partial charge in [-0.2, -0.15) is 0 Å². The molecule has 2 aromatic rings. The standard InChI is InChI=1S/C14H14N2O4/c17-16(18)14-6-5-10(20-14)9-15-12-7-8-19-13-4-2-1-3-11(12)13/h1-6,12,15H,7-9H2. The Balaban J connectivity index is 1.68. The Morgan fingerprint density at radius 1 is 1.30 bits per heavy atom. The van der Waals surface area contributed by atoms with Crippen molar-refractivity contribution >= 4 is 5.88 Å². The van der Waals surface area contributed by atoms with E-state index in [-0.39, 0.29) is 11.9 Å². The van der Waals surface area contributed by atoms with E-state index < -0.39 is 4.92 Å². The van der Waals surface area contributed by atoms with E-state index >= 15 is 0 Å². The van der Waals surface area contributed by atoms with Crippen molar-refractivity contribution in [3.05, 3.63) is 57.8 Å². The van der Waals surface area contributed by atoms with E-state index in [4.69, 9.17) is 9.15 Å². The number of fused-ring (bicyclic) bond motifs is 1. The monoisotopic (exact) mass is 274 g/mol. The zero-order valence-electron chi connectivity index (χ0n) is 10.7. The van der Waals surface area contributed by atoms with Crippen LogP contribution in [0.1, 0.15) is 23.8 Å². The van der Waals surface area contributed by atoms with Crippen LogP contribution in [0, 0.1) is 10.1 Å². The van der Waals surface area contributed by atoms with Crippen LogP contribution >= 0.6 is 0 Å². The molecular formula is C14H14N2O4. The lowest BCUT2D eigenvalue weighted by atomic mass is 10.0. The Hall–Kier alpha value is -2.34. The molecule has 20 heavy (non-hydrogen) atoms. The van der Waals surface area contributed by atoms with E-state index in [9.17, 15) is 10.1 Å². The van der Waals surface area contributed by atoms with Gasteiger partial charge in [0.2, 0.25) is 0 Å². The minimum absolute atomic E-state index is 0.170. The van der Waals surface area contributed by atoms with Gasteiger partial charge in [-0.05, 0) is 12.1 Å². The van der Waals surface area contributed by atoms with Crippen molar-refractivity contribution in [2.45, 2.75) is 19.0 Å². The number of furan rings is 1. The molecule has 0 aliphatic carbocycles. The normalized spacial score (nSPS) is 17.3. The van der Waals surface area contributed by atoms with Crippen LogP contribution in [0.15, 0.2) is 40.8 Å². The third kappa shape index (κ3) is 2.50. The molecule has 1 aromatic carbocycles. The van der Waals surface area contributed by atoms with E-state index in [1.165, 1.54) is 6.07 Å². The number of benzene rings is 1. The van der Waals surface area contributed by atoms with Crippen molar-refractivity contribution in [1.82, 2.24) is 5.32 Å². The number of nitrogens with one attached hydrogen (secondary N) is 1. The Kier molecular flexibility index (Phi) is 3.39. The first-order valence-corrected chi connectivity index (χ1v) is 6.42. The van der Waals surface area contributed by atoms with Gasteiger partial charge in [0.25, 0.3) is 0 Å². The van der Waals surface area contributed by atoms with Gasteiger partial charge in [0.1, 0.15) is 16.4 Å². The molecule has 2 heterocycles. The molecule has 0 amide bonds. The summed E-state index contributed by atoms with van der Waals surface area (Å²) in [6.45, 7) is 1.11. The molecule has 0 saturated heterocycles.